The molecule has 1 N–H and O–H groups in total. The number of ether oxygens (including phenoxy) is 1. The van der Waals surface area contributed by atoms with Crippen molar-refractivity contribution in [1.82, 2.24) is 19.9 Å². The molecule has 0 aliphatic carbocycles. The molecule has 0 fully saturated rings. The minimum absolute atomic E-state index is 0.0853. The van der Waals surface area contributed by atoms with E-state index in [1.54, 1.807) is 25.4 Å². The number of imidazole rings is 1. The molecule has 4 rings (SSSR count). The monoisotopic (exact) mass is 432 g/mol. The van der Waals surface area contributed by atoms with Crippen LogP contribution in [0.4, 0.5) is 4.39 Å². The molecule has 0 aliphatic heterocycles. The van der Waals surface area contributed by atoms with Gasteiger partial charge in [-0.1, -0.05) is 24.3 Å². The lowest BCUT2D eigenvalue weighted by Crippen LogP contribution is -2.27. The van der Waals surface area contributed by atoms with Crippen molar-refractivity contribution < 1.29 is 13.9 Å². The Bertz CT molecular complexity index is 1200. The zero-order chi connectivity index (χ0) is 22.5. The Morgan fingerprint density at radius 3 is 2.59 bits per heavy atom. The van der Waals surface area contributed by atoms with E-state index in [2.05, 4.69) is 10.3 Å². The predicted octanol–water partition coefficient (Wildman–Crippen LogP) is 4.44. The number of pyridine rings is 1. The fraction of sp³-hybridized carbons (Fsp3) is 0.240. The number of carbonyl (C=O) groups excluding carboxylic acids is 1. The standard InChI is InChI=1S/C25H25FN4O2/c1-17(19-7-9-20(26)10-8-19)28-24(31)14-13-23-29-22-4-3-15-27-25(22)30(23)16-18-5-11-21(32-2)12-6-18/h3-12,15,17H,13-14,16H2,1-2H3,(H,28,31). The second-order valence-corrected chi connectivity index (χ2v) is 7.65. The molecule has 7 heteroatoms. The summed E-state index contributed by atoms with van der Waals surface area (Å²) in [7, 11) is 1.64. The third-order valence-electron chi connectivity index (χ3n) is 5.41. The minimum Gasteiger partial charge on any atom is -0.497 e. The Kier molecular flexibility index (Phi) is 6.44. The highest BCUT2D eigenvalue weighted by Gasteiger charge is 2.15. The number of halogens is 1. The number of aryl methyl sites for hydroxylation is 1. The van der Waals surface area contributed by atoms with Gasteiger partial charge in [-0.3, -0.25) is 4.79 Å². The molecule has 0 aliphatic rings. The van der Waals surface area contributed by atoms with Crippen LogP contribution in [0.1, 0.15) is 36.3 Å². The maximum Gasteiger partial charge on any atom is 0.220 e. The van der Waals surface area contributed by atoms with Crippen LogP contribution in [-0.4, -0.2) is 27.6 Å². The summed E-state index contributed by atoms with van der Waals surface area (Å²) >= 11 is 0. The fourth-order valence-corrected chi connectivity index (χ4v) is 3.65. The highest BCUT2D eigenvalue weighted by Crippen LogP contribution is 2.19. The molecule has 164 valence electrons. The summed E-state index contributed by atoms with van der Waals surface area (Å²) in [4.78, 5) is 21.8. The highest BCUT2D eigenvalue weighted by molar-refractivity contribution is 5.77. The second kappa shape index (κ2) is 9.60. The quantitative estimate of drug-likeness (QED) is 0.447. The van der Waals surface area contributed by atoms with Gasteiger partial charge < -0.3 is 14.6 Å². The number of fused-ring (bicyclic) bond motifs is 1. The summed E-state index contributed by atoms with van der Waals surface area (Å²) < 4.78 is 20.4. The first-order valence-corrected chi connectivity index (χ1v) is 10.5. The lowest BCUT2D eigenvalue weighted by molar-refractivity contribution is -0.121. The van der Waals surface area contributed by atoms with Gasteiger partial charge >= 0.3 is 0 Å². The van der Waals surface area contributed by atoms with E-state index >= 15 is 0 Å². The van der Waals surface area contributed by atoms with Crippen LogP contribution in [0.15, 0.2) is 66.9 Å². The number of methoxy groups -OCH3 is 1. The lowest BCUT2D eigenvalue weighted by atomic mass is 10.1. The van der Waals surface area contributed by atoms with Crippen molar-refractivity contribution in [3.63, 3.8) is 0 Å². The van der Waals surface area contributed by atoms with Crippen LogP contribution in [0, 0.1) is 5.82 Å². The molecule has 0 spiro atoms. The largest absolute Gasteiger partial charge is 0.497 e. The van der Waals surface area contributed by atoms with Gasteiger partial charge in [0, 0.05) is 19.0 Å². The molecular weight excluding hydrogens is 407 g/mol. The average Bonchev–Trinajstić information content (AvgIpc) is 3.16. The van der Waals surface area contributed by atoms with Crippen LogP contribution in [0.2, 0.25) is 0 Å². The molecule has 4 aromatic rings. The maximum atomic E-state index is 13.1. The summed E-state index contributed by atoms with van der Waals surface area (Å²) in [6.45, 7) is 2.48. The van der Waals surface area contributed by atoms with E-state index in [4.69, 9.17) is 9.72 Å². The normalized spacial score (nSPS) is 12.0. The van der Waals surface area contributed by atoms with E-state index in [1.807, 2.05) is 47.9 Å². The molecule has 2 heterocycles. The van der Waals surface area contributed by atoms with E-state index in [0.717, 1.165) is 33.9 Å². The third kappa shape index (κ3) is 4.94. The first kappa shape index (κ1) is 21.5. The van der Waals surface area contributed by atoms with Crippen molar-refractivity contribution in [3.05, 3.63) is 89.6 Å². The van der Waals surface area contributed by atoms with Gasteiger partial charge in [-0.25, -0.2) is 14.4 Å². The summed E-state index contributed by atoms with van der Waals surface area (Å²) in [6, 6.07) is 17.6. The van der Waals surface area contributed by atoms with Gasteiger partial charge in [0.25, 0.3) is 0 Å². The molecule has 2 aromatic heterocycles. The number of benzene rings is 2. The van der Waals surface area contributed by atoms with Gasteiger partial charge in [-0.15, -0.1) is 0 Å². The minimum atomic E-state index is -0.295. The smallest absolute Gasteiger partial charge is 0.220 e. The Labute approximate surface area is 186 Å². The molecule has 2 aromatic carbocycles. The van der Waals surface area contributed by atoms with Gasteiger partial charge in [0.05, 0.1) is 19.7 Å². The van der Waals surface area contributed by atoms with Crippen LogP contribution < -0.4 is 10.1 Å². The fourth-order valence-electron chi connectivity index (χ4n) is 3.65. The first-order valence-electron chi connectivity index (χ1n) is 10.5. The van der Waals surface area contributed by atoms with Crippen LogP contribution >= 0.6 is 0 Å². The number of hydrogen-bond donors (Lipinski definition) is 1. The van der Waals surface area contributed by atoms with E-state index in [-0.39, 0.29) is 24.2 Å². The van der Waals surface area contributed by atoms with Gasteiger partial charge in [-0.05, 0) is 54.4 Å². The van der Waals surface area contributed by atoms with E-state index < -0.39 is 0 Å². The number of amides is 1. The van der Waals surface area contributed by atoms with Crippen molar-refractivity contribution in [1.29, 1.82) is 0 Å². The molecule has 0 saturated carbocycles. The first-order chi connectivity index (χ1) is 15.5. The Morgan fingerprint density at radius 2 is 1.88 bits per heavy atom. The van der Waals surface area contributed by atoms with E-state index in [0.29, 0.717) is 13.0 Å². The van der Waals surface area contributed by atoms with Gasteiger partial charge in [-0.2, -0.15) is 0 Å². The molecule has 0 saturated heterocycles. The summed E-state index contributed by atoms with van der Waals surface area (Å²) in [5, 5.41) is 2.97. The molecule has 1 amide bonds. The molecular formula is C25H25FN4O2. The Hall–Kier alpha value is -3.74. The summed E-state index contributed by atoms with van der Waals surface area (Å²) in [5.74, 6) is 1.23. The molecule has 6 nitrogen and oxygen atoms in total. The third-order valence-corrected chi connectivity index (χ3v) is 5.41. The summed E-state index contributed by atoms with van der Waals surface area (Å²) in [6.07, 6.45) is 2.52. The van der Waals surface area contributed by atoms with E-state index in [9.17, 15) is 9.18 Å². The molecule has 1 atom stereocenters. The number of hydrogen-bond acceptors (Lipinski definition) is 4. The lowest BCUT2D eigenvalue weighted by Gasteiger charge is -2.14. The van der Waals surface area contributed by atoms with Crippen LogP contribution in [0.3, 0.4) is 0 Å². The molecule has 0 bridgehead atoms. The Balaban J connectivity index is 1.47. The maximum absolute atomic E-state index is 13.1. The van der Waals surface area contributed by atoms with Crippen molar-refractivity contribution >= 4 is 17.1 Å². The molecule has 0 radical (unpaired) electrons. The SMILES string of the molecule is COc1ccc(Cn2c(CCC(=O)NC(C)c3ccc(F)cc3)nc3cccnc32)cc1. The zero-order valence-electron chi connectivity index (χ0n) is 18.1. The number of rotatable bonds is 8. The molecule has 32 heavy (non-hydrogen) atoms. The number of nitrogens with zero attached hydrogens (tertiary/aromatic N) is 3. The number of nitrogens with one attached hydrogen (secondary N) is 1. The number of carbonyl (C=O) groups is 1. The van der Waals surface area contributed by atoms with Crippen molar-refractivity contribution in [2.45, 2.75) is 32.4 Å². The van der Waals surface area contributed by atoms with Crippen molar-refractivity contribution in [2.24, 2.45) is 0 Å². The van der Waals surface area contributed by atoms with Crippen molar-refractivity contribution in [2.75, 3.05) is 7.11 Å². The van der Waals surface area contributed by atoms with Crippen LogP contribution in [-0.2, 0) is 17.8 Å². The van der Waals surface area contributed by atoms with Gasteiger partial charge in [0.1, 0.15) is 22.9 Å². The average molecular weight is 432 g/mol. The zero-order valence-corrected chi connectivity index (χ0v) is 18.1. The van der Waals surface area contributed by atoms with E-state index in [1.165, 1.54) is 12.1 Å². The van der Waals surface area contributed by atoms with Crippen molar-refractivity contribution in [3.8, 4) is 5.75 Å². The van der Waals surface area contributed by atoms with Crippen LogP contribution in [0.5, 0.6) is 5.75 Å². The number of aromatic nitrogens is 3. The molecule has 1 unspecified atom stereocenters. The predicted molar refractivity (Wildman–Crippen MR) is 121 cm³/mol. The summed E-state index contributed by atoms with van der Waals surface area (Å²) in [5.41, 5.74) is 3.54. The topological polar surface area (TPSA) is 69.0 Å². The van der Waals surface area contributed by atoms with Gasteiger partial charge in [0.15, 0.2) is 5.65 Å². The second-order valence-electron chi connectivity index (χ2n) is 7.65. The van der Waals surface area contributed by atoms with Gasteiger partial charge in [0.2, 0.25) is 5.91 Å². The Morgan fingerprint density at radius 1 is 1.12 bits per heavy atom. The van der Waals surface area contributed by atoms with Crippen LogP contribution in [0.25, 0.3) is 11.2 Å². The highest BCUT2D eigenvalue weighted by atomic mass is 19.1.